The van der Waals surface area contributed by atoms with Gasteiger partial charge in [0.15, 0.2) is 5.13 Å². The first-order valence-electron chi connectivity index (χ1n) is 5.96. The summed E-state index contributed by atoms with van der Waals surface area (Å²) in [5.41, 5.74) is 0. The van der Waals surface area contributed by atoms with E-state index in [9.17, 15) is 4.79 Å². The standard InChI is InChI=1S/C11H18N4OS/c1-2-3-12-6-9-7-14-11(17-9)15-5-4-13-10(16)8-15/h7,12H,2-6,8H2,1H3,(H,13,16). The van der Waals surface area contributed by atoms with Crippen LogP contribution < -0.4 is 15.5 Å². The maximum absolute atomic E-state index is 11.3. The van der Waals surface area contributed by atoms with Crippen molar-refractivity contribution < 1.29 is 4.79 Å². The Balaban J connectivity index is 1.90. The highest BCUT2D eigenvalue weighted by atomic mass is 32.1. The van der Waals surface area contributed by atoms with Gasteiger partial charge in [-0.05, 0) is 13.0 Å². The number of hydrogen-bond acceptors (Lipinski definition) is 5. The van der Waals surface area contributed by atoms with E-state index in [1.54, 1.807) is 11.3 Å². The van der Waals surface area contributed by atoms with Gasteiger partial charge in [-0.15, -0.1) is 11.3 Å². The minimum atomic E-state index is 0.0807. The molecule has 1 aromatic rings. The number of nitrogens with one attached hydrogen (secondary N) is 2. The fourth-order valence-electron chi connectivity index (χ4n) is 1.72. The van der Waals surface area contributed by atoms with Gasteiger partial charge in [0.25, 0.3) is 0 Å². The van der Waals surface area contributed by atoms with Gasteiger partial charge in [-0.2, -0.15) is 0 Å². The summed E-state index contributed by atoms with van der Waals surface area (Å²) in [6.45, 7) is 6.03. The van der Waals surface area contributed by atoms with Gasteiger partial charge in [0.2, 0.25) is 5.91 Å². The minimum absolute atomic E-state index is 0.0807. The van der Waals surface area contributed by atoms with Crippen LogP contribution in [0.4, 0.5) is 5.13 Å². The zero-order valence-electron chi connectivity index (χ0n) is 10.0. The van der Waals surface area contributed by atoms with E-state index in [1.165, 1.54) is 4.88 Å². The molecule has 0 atom stereocenters. The minimum Gasteiger partial charge on any atom is -0.353 e. The molecule has 1 aromatic heterocycles. The fourth-order valence-corrected chi connectivity index (χ4v) is 2.62. The fraction of sp³-hybridized carbons (Fsp3) is 0.636. The molecule has 0 spiro atoms. The highest BCUT2D eigenvalue weighted by molar-refractivity contribution is 7.15. The van der Waals surface area contributed by atoms with Gasteiger partial charge in [-0.25, -0.2) is 4.98 Å². The number of carbonyl (C=O) groups is 1. The van der Waals surface area contributed by atoms with Crippen molar-refractivity contribution >= 4 is 22.4 Å². The quantitative estimate of drug-likeness (QED) is 0.755. The summed E-state index contributed by atoms with van der Waals surface area (Å²) in [7, 11) is 0. The van der Waals surface area contributed by atoms with Crippen LogP contribution in [0, 0.1) is 0 Å². The Kier molecular flexibility index (Phi) is 4.33. The van der Waals surface area contributed by atoms with Gasteiger partial charge in [0, 0.05) is 30.7 Å². The molecule has 6 heteroatoms. The Morgan fingerprint density at radius 2 is 2.53 bits per heavy atom. The van der Waals surface area contributed by atoms with Crippen LogP contribution in [0.2, 0.25) is 0 Å². The van der Waals surface area contributed by atoms with E-state index in [2.05, 4.69) is 22.5 Å². The Morgan fingerprint density at radius 3 is 3.29 bits per heavy atom. The smallest absolute Gasteiger partial charge is 0.239 e. The molecule has 17 heavy (non-hydrogen) atoms. The van der Waals surface area contributed by atoms with Crippen molar-refractivity contribution in [3.05, 3.63) is 11.1 Å². The molecule has 1 aliphatic rings. The predicted octanol–water partition coefficient (Wildman–Crippen LogP) is 0.579. The van der Waals surface area contributed by atoms with E-state index in [4.69, 9.17) is 0 Å². The first-order chi connectivity index (χ1) is 8.29. The summed E-state index contributed by atoms with van der Waals surface area (Å²) in [5, 5.41) is 7.12. The summed E-state index contributed by atoms with van der Waals surface area (Å²) in [4.78, 5) is 18.9. The third kappa shape index (κ3) is 3.41. The highest BCUT2D eigenvalue weighted by Gasteiger charge is 2.18. The van der Waals surface area contributed by atoms with Crippen LogP contribution in [0.5, 0.6) is 0 Å². The molecular weight excluding hydrogens is 236 g/mol. The van der Waals surface area contributed by atoms with Crippen LogP contribution >= 0.6 is 11.3 Å². The molecule has 0 bridgehead atoms. The summed E-state index contributed by atoms with van der Waals surface area (Å²) < 4.78 is 0. The van der Waals surface area contributed by atoms with Gasteiger partial charge in [-0.3, -0.25) is 4.79 Å². The molecule has 0 unspecified atom stereocenters. The van der Waals surface area contributed by atoms with Gasteiger partial charge in [-0.1, -0.05) is 6.92 Å². The second-order valence-electron chi connectivity index (χ2n) is 4.06. The van der Waals surface area contributed by atoms with Crippen LogP contribution in [0.3, 0.4) is 0 Å². The van der Waals surface area contributed by atoms with Crippen molar-refractivity contribution in [3.8, 4) is 0 Å². The molecule has 0 aliphatic carbocycles. The predicted molar refractivity (Wildman–Crippen MR) is 69.3 cm³/mol. The topological polar surface area (TPSA) is 57.3 Å². The average molecular weight is 254 g/mol. The number of nitrogens with zero attached hydrogens (tertiary/aromatic N) is 2. The molecule has 0 saturated carbocycles. The number of thiazole rings is 1. The van der Waals surface area contributed by atoms with Gasteiger partial charge in [0.1, 0.15) is 0 Å². The van der Waals surface area contributed by atoms with Gasteiger partial charge in [0.05, 0.1) is 6.54 Å². The SMILES string of the molecule is CCCNCc1cnc(N2CCNC(=O)C2)s1. The van der Waals surface area contributed by atoms with E-state index in [0.29, 0.717) is 13.1 Å². The molecule has 1 saturated heterocycles. The third-order valence-electron chi connectivity index (χ3n) is 2.58. The zero-order valence-corrected chi connectivity index (χ0v) is 10.8. The first-order valence-corrected chi connectivity index (χ1v) is 6.78. The number of carbonyl (C=O) groups excluding carboxylic acids is 1. The maximum Gasteiger partial charge on any atom is 0.239 e. The average Bonchev–Trinajstić information content (AvgIpc) is 2.78. The number of rotatable bonds is 5. The molecule has 5 nitrogen and oxygen atoms in total. The van der Waals surface area contributed by atoms with Crippen LogP contribution in [0.25, 0.3) is 0 Å². The molecule has 2 heterocycles. The van der Waals surface area contributed by atoms with E-state index < -0.39 is 0 Å². The summed E-state index contributed by atoms with van der Waals surface area (Å²) in [6, 6.07) is 0. The van der Waals surface area contributed by atoms with E-state index in [0.717, 1.165) is 31.2 Å². The second kappa shape index (κ2) is 5.97. The lowest BCUT2D eigenvalue weighted by Crippen LogP contribution is -2.47. The van der Waals surface area contributed by atoms with Crippen LogP contribution in [-0.4, -0.2) is 37.1 Å². The molecule has 0 radical (unpaired) electrons. The van der Waals surface area contributed by atoms with Gasteiger partial charge < -0.3 is 15.5 Å². The Hall–Kier alpha value is -1.14. The molecule has 2 N–H and O–H groups in total. The molecule has 1 fully saturated rings. The lowest BCUT2D eigenvalue weighted by atomic mass is 10.4. The lowest BCUT2D eigenvalue weighted by molar-refractivity contribution is -0.120. The summed E-state index contributed by atoms with van der Waals surface area (Å²) >= 11 is 1.66. The monoisotopic (exact) mass is 254 g/mol. The number of amides is 1. The zero-order chi connectivity index (χ0) is 12.1. The summed E-state index contributed by atoms with van der Waals surface area (Å²) in [6.07, 6.45) is 3.03. The van der Waals surface area contributed by atoms with Crippen LogP contribution in [0.15, 0.2) is 6.20 Å². The van der Waals surface area contributed by atoms with E-state index >= 15 is 0 Å². The number of aromatic nitrogens is 1. The molecule has 2 rings (SSSR count). The van der Waals surface area contributed by atoms with E-state index in [1.807, 2.05) is 11.1 Å². The Bertz CT molecular complexity index is 379. The number of piperazine rings is 1. The van der Waals surface area contributed by atoms with Crippen molar-refractivity contribution in [2.45, 2.75) is 19.9 Å². The van der Waals surface area contributed by atoms with Crippen LogP contribution in [-0.2, 0) is 11.3 Å². The first kappa shape index (κ1) is 12.3. The highest BCUT2D eigenvalue weighted by Crippen LogP contribution is 2.22. The van der Waals surface area contributed by atoms with Crippen LogP contribution in [0.1, 0.15) is 18.2 Å². The molecule has 94 valence electrons. The largest absolute Gasteiger partial charge is 0.353 e. The lowest BCUT2D eigenvalue weighted by Gasteiger charge is -2.25. The number of anilines is 1. The van der Waals surface area contributed by atoms with Crippen molar-refractivity contribution in [2.75, 3.05) is 31.1 Å². The second-order valence-corrected chi connectivity index (χ2v) is 5.15. The normalized spacial score (nSPS) is 16.1. The molecular formula is C11H18N4OS. The molecule has 1 aliphatic heterocycles. The Morgan fingerprint density at radius 1 is 1.65 bits per heavy atom. The van der Waals surface area contributed by atoms with Crippen molar-refractivity contribution in [2.24, 2.45) is 0 Å². The van der Waals surface area contributed by atoms with E-state index in [-0.39, 0.29) is 5.91 Å². The van der Waals surface area contributed by atoms with Crippen molar-refractivity contribution in [1.82, 2.24) is 15.6 Å². The molecule has 0 aromatic carbocycles. The molecule has 1 amide bonds. The van der Waals surface area contributed by atoms with Crippen molar-refractivity contribution in [3.63, 3.8) is 0 Å². The number of hydrogen-bond donors (Lipinski definition) is 2. The Labute approximate surface area is 105 Å². The summed E-state index contributed by atoms with van der Waals surface area (Å²) in [5.74, 6) is 0.0807. The third-order valence-corrected chi connectivity index (χ3v) is 3.63. The van der Waals surface area contributed by atoms with Gasteiger partial charge >= 0.3 is 0 Å². The van der Waals surface area contributed by atoms with Crippen molar-refractivity contribution in [1.29, 1.82) is 0 Å². The maximum atomic E-state index is 11.3.